The number of aliphatic carboxylic acids is 1. The van der Waals surface area contributed by atoms with Crippen molar-refractivity contribution in [1.29, 1.82) is 0 Å². The van der Waals surface area contributed by atoms with Crippen LogP contribution in [0, 0.1) is 5.92 Å². The lowest BCUT2D eigenvalue weighted by molar-refractivity contribution is -0.137. The van der Waals surface area contributed by atoms with Crippen LogP contribution >= 0.6 is 0 Å². The number of hydrogen-bond acceptors (Lipinski definition) is 5. The molecule has 3 heterocycles. The Hall–Kier alpha value is -1.93. The number of carbonyl (C=O) groups excluding carboxylic acids is 1. The number of rotatable bonds is 5. The number of piperidine rings is 1. The van der Waals surface area contributed by atoms with E-state index >= 15 is 0 Å². The van der Waals surface area contributed by atoms with Gasteiger partial charge >= 0.3 is 5.97 Å². The first-order valence-corrected chi connectivity index (χ1v) is 11.0. The molecule has 2 N–H and O–H groups in total. The average molecular weight is 404 g/mol. The number of likely N-dealkylation sites (tertiary alicyclic amines) is 1. The zero-order valence-electron chi connectivity index (χ0n) is 17.4. The maximum absolute atomic E-state index is 13.2. The fourth-order valence-corrected chi connectivity index (χ4v) is 5.24. The Labute approximate surface area is 172 Å². The summed E-state index contributed by atoms with van der Waals surface area (Å²) >= 11 is 0. The number of carboxylic acids is 1. The molecule has 0 radical (unpaired) electrons. The fraction of sp³-hybridized carbons (Fsp3) is 0.762. The molecule has 1 aromatic heterocycles. The molecule has 0 spiro atoms. The summed E-state index contributed by atoms with van der Waals surface area (Å²) in [4.78, 5) is 31.2. The summed E-state index contributed by atoms with van der Waals surface area (Å²) in [6.07, 6.45) is 5.85. The van der Waals surface area contributed by atoms with Crippen molar-refractivity contribution >= 4 is 11.9 Å². The normalized spacial score (nSPS) is 26.3. The SMILES string of the molecule is CN1CCN([C@@H]2CCN(C(=O)c3n[nH]c4c3CCCC4)C[C@@H]2CCC(=O)O)CC1. The van der Waals surface area contributed by atoms with Crippen LogP contribution < -0.4 is 0 Å². The number of aromatic nitrogens is 2. The van der Waals surface area contributed by atoms with Crippen molar-refractivity contribution in [1.82, 2.24) is 24.9 Å². The highest BCUT2D eigenvalue weighted by Gasteiger charge is 2.37. The molecule has 29 heavy (non-hydrogen) atoms. The van der Waals surface area contributed by atoms with Crippen LogP contribution in [0.4, 0.5) is 0 Å². The molecule has 0 bridgehead atoms. The average Bonchev–Trinajstić information content (AvgIpc) is 3.16. The molecule has 1 aromatic rings. The van der Waals surface area contributed by atoms with Gasteiger partial charge < -0.3 is 14.9 Å². The number of aryl methyl sites for hydroxylation is 1. The number of H-pyrrole nitrogens is 1. The number of aromatic amines is 1. The van der Waals surface area contributed by atoms with E-state index in [1.165, 1.54) is 0 Å². The van der Waals surface area contributed by atoms with E-state index in [0.29, 0.717) is 24.7 Å². The summed E-state index contributed by atoms with van der Waals surface area (Å²) in [6.45, 7) is 5.48. The Balaban J connectivity index is 1.46. The Bertz CT molecular complexity index is 741. The lowest BCUT2D eigenvalue weighted by Gasteiger charge is -2.46. The summed E-state index contributed by atoms with van der Waals surface area (Å²) in [5, 5.41) is 16.7. The molecular weight excluding hydrogens is 370 g/mol. The standard InChI is InChI=1S/C21H33N5O3/c1-24-10-12-25(13-11-24)18-8-9-26(14-15(18)6-7-19(27)28)21(29)20-16-4-2-3-5-17(16)22-23-20/h15,18H,2-14H2,1H3,(H,22,23)(H,27,28)/t15-,18+/m0/s1. The molecule has 2 aliphatic heterocycles. The third-order valence-corrected chi connectivity index (χ3v) is 6.98. The van der Waals surface area contributed by atoms with Crippen molar-refractivity contribution in [3.8, 4) is 0 Å². The van der Waals surface area contributed by atoms with E-state index in [0.717, 1.165) is 76.1 Å². The van der Waals surface area contributed by atoms with Crippen LogP contribution in [0.5, 0.6) is 0 Å². The summed E-state index contributed by atoms with van der Waals surface area (Å²) < 4.78 is 0. The van der Waals surface area contributed by atoms with E-state index in [2.05, 4.69) is 27.0 Å². The van der Waals surface area contributed by atoms with Crippen molar-refractivity contribution in [3.63, 3.8) is 0 Å². The highest BCUT2D eigenvalue weighted by Crippen LogP contribution is 2.29. The molecule has 1 aliphatic carbocycles. The third kappa shape index (κ3) is 4.48. The molecule has 3 aliphatic rings. The van der Waals surface area contributed by atoms with Gasteiger partial charge in [-0.05, 0) is 51.5 Å². The Kier molecular flexibility index (Phi) is 6.20. The third-order valence-electron chi connectivity index (χ3n) is 6.98. The van der Waals surface area contributed by atoms with E-state index in [9.17, 15) is 14.7 Å². The minimum atomic E-state index is -0.757. The molecule has 160 valence electrons. The molecular formula is C21H33N5O3. The number of likely N-dealkylation sites (N-methyl/N-ethyl adjacent to an activating group) is 1. The maximum atomic E-state index is 13.2. The molecule has 0 unspecified atom stereocenters. The van der Waals surface area contributed by atoms with Crippen LogP contribution in [0.1, 0.15) is 53.8 Å². The van der Waals surface area contributed by atoms with Gasteiger partial charge in [-0.25, -0.2) is 0 Å². The minimum Gasteiger partial charge on any atom is -0.481 e. The zero-order valence-corrected chi connectivity index (χ0v) is 17.4. The summed E-state index contributed by atoms with van der Waals surface area (Å²) in [6, 6.07) is 0.361. The van der Waals surface area contributed by atoms with E-state index in [1.807, 2.05) is 4.90 Å². The zero-order chi connectivity index (χ0) is 20.4. The van der Waals surface area contributed by atoms with E-state index < -0.39 is 5.97 Å². The first kappa shape index (κ1) is 20.3. The van der Waals surface area contributed by atoms with Gasteiger partial charge in [-0.2, -0.15) is 5.10 Å². The lowest BCUT2D eigenvalue weighted by atomic mass is 9.86. The van der Waals surface area contributed by atoms with E-state index in [1.54, 1.807) is 0 Å². The molecule has 2 saturated heterocycles. The number of piperazine rings is 1. The summed E-state index contributed by atoms with van der Waals surface area (Å²) in [7, 11) is 2.14. The van der Waals surface area contributed by atoms with Crippen molar-refractivity contribution in [2.75, 3.05) is 46.3 Å². The van der Waals surface area contributed by atoms with Gasteiger partial charge in [-0.3, -0.25) is 19.6 Å². The number of nitrogens with one attached hydrogen (secondary N) is 1. The number of hydrogen-bond donors (Lipinski definition) is 2. The predicted molar refractivity (Wildman–Crippen MR) is 109 cm³/mol. The number of fused-ring (bicyclic) bond motifs is 1. The van der Waals surface area contributed by atoms with Crippen LogP contribution in [-0.2, 0) is 17.6 Å². The maximum Gasteiger partial charge on any atom is 0.303 e. The largest absolute Gasteiger partial charge is 0.481 e. The lowest BCUT2D eigenvalue weighted by Crippen LogP contribution is -2.57. The van der Waals surface area contributed by atoms with Crippen LogP contribution in [-0.4, -0.2) is 94.2 Å². The monoisotopic (exact) mass is 403 g/mol. The highest BCUT2D eigenvalue weighted by atomic mass is 16.4. The first-order chi connectivity index (χ1) is 14.0. The first-order valence-electron chi connectivity index (χ1n) is 11.0. The summed E-state index contributed by atoms with van der Waals surface area (Å²) in [5.41, 5.74) is 2.81. The second-order valence-corrected chi connectivity index (χ2v) is 8.88. The molecule has 4 rings (SSSR count). The van der Waals surface area contributed by atoms with Crippen molar-refractivity contribution in [2.24, 2.45) is 5.92 Å². The molecule has 0 saturated carbocycles. The van der Waals surface area contributed by atoms with Crippen LogP contribution in [0.3, 0.4) is 0 Å². The topological polar surface area (TPSA) is 92.8 Å². The van der Waals surface area contributed by atoms with Crippen LogP contribution in [0.2, 0.25) is 0 Å². The van der Waals surface area contributed by atoms with Crippen molar-refractivity contribution in [2.45, 2.75) is 51.0 Å². The molecule has 2 fully saturated rings. The second-order valence-electron chi connectivity index (χ2n) is 8.88. The van der Waals surface area contributed by atoms with E-state index in [-0.39, 0.29) is 18.2 Å². The minimum absolute atomic E-state index is 0.0153. The van der Waals surface area contributed by atoms with Crippen molar-refractivity contribution < 1.29 is 14.7 Å². The Morgan fingerprint density at radius 3 is 2.66 bits per heavy atom. The second kappa shape index (κ2) is 8.83. The van der Waals surface area contributed by atoms with Gasteiger partial charge in [0.05, 0.1) is 0 Å². The number of amides is 1. The van der Waals surface area contributed by atoms with Crippen LogP contribution in [0.25, 0.3) is 0 Å². The van der Waals surface area contributed by atoms with Gasteiger partial charge in [0.2, 0.25) is 0 Å². The molecule has 1 amide bonds. The number of carbonyl (C=O) groups is 2. The van der Waals surface area contributed by atoms with Gasteiger partial charge in [-0.15, -0.1) is 0 Å². The Morgan fingerprint density at radius 2 is 1.90 bits per heavy atom. The molecule has 8 nitrogen and oxygen atoms in total. The van der Waals surface area contributed by atoms with Crippen molar-refractivity contribution in [3.05, 3.63) is 17.0 Å². The predicted octanol–water partition coefficient (Wildman–Crippen LogP) is 1.23. The molecule has 2 atom stereocenters. The number of carboxylic acid groups (broad SMARTS) is 1. The smallest absolute Gasteiger partial charge is 0.303 e. The number of nitrogens with zero attached hydrogens (tertiary/aromatic N) is 4. The Morgan fingerprint density at radius 1 is 1.14 bits per heavy atom. The quantitative estimate of drug-likeness (QED) is 0.768. The highest BCUT2D eigenvalue weighted by molar-refractivity contribution is 5.94. The molecule has 8 heteroatoms. The van der Waals surface area contributed by atoms with Crippen LogP contribution in [0.15, 0.2) is 0 Å². The summed E-state index contributed by atoms with van der Waals surface area (Å²) in [5.74, 6) is -0.546. The van der Waals surface area contributed by atoms with Gasteiger partial charge in [0.1, 0.15) is 0 Å². The van der Waals surface area contributed by atoms with Gasteiger partial charge in [0.25, 0.3) is 5.91 Å². The van der Waals surface area contributed by atoms with Gasteiger partial charge in [-0.1, -0.05) is 0 Å². The van der Waals surface area contributed by atoms with Gasteiger partial charge in [0, 0.05) is 63.0 Å². The van der Waals surface area contributed by atoms with E-state index in [4.69, 9.17) is 0 Å². The van der Waals surface area contributed by atoms with Gasteiger partial charge in [0.15, 0.2) is 5.69 Å². The molecule has 0 aromatic carbocycles. The fourth-order valence-electron chi connectivity index (χ4n) is 5.24.